The molecule has 0 amide bonds. The van der Waals surface area contributed by atoms with Crippen LogP contribution in [0.3, 0.4) is 0 Å². The Morgan fingerprint density at radius 3 is 3.10 bits per heavy atom. The quantitative estimate of drug-likeness (QED) is 0.818. The second kappa shape index (κ2) is 6.32. The van der Waals surface area contributed by atoms with Gasteiger partial charge >= 0.3 is 0 Å². The first kappa shape index (κ1) is 14.8. The van der Waals surface area contributed by atoms with Crippen molar-refractivity contribution in [2.24, 2.45) is 5.41 Å². The van der Waals surface area contributed by atoms with Gasteiger partial charge in [0, 0.05) is 30.6 Å². The number of hydrogen-bond acceptors (Lipinski definition) is 3. The minimum atomic E-state index is -0.179. The second-order valence-corrected chi connectivity index (χ2v) is 6.38. The number of hydrogen-bond donors (Lipinski definition) is 1. The van der Waals surface area contributed by atoms with Gasteiger partial charge in [0.1, 0.15) is 17.7 Å². The van der Waals surface area contributed by atoms with Crippen molar-refractivity contribution in [3.05, 3.63) is 29.6 Å². The SMILES string of the molecule is CCCNCC1(CC2Cc3cc(F)ccc3O2)CCOC1. The standard InChI is InChI=1S/C17H24FNO2/c1-2-6-19-11-17(5-7-20-12-17)10-15-9-13-8-14(18)3-4-16(13)21-15/h3-4,8,15,19H,2,5-7,9-12H2,1H3. The number of halogens is 1. The van der Waals surface area contributed by atoms with E-state index in [1.54, 1.807) is 12.1 Å². The van der Waals surface area contributed by atoms with Crippen LogP contribution < -0.4 is 10.1 Å². The Morgan fingerprint density at radius 2 is 2.33 bits per heavy atom. The molecule has 0 radical (unpaired) electrons. The van der Waals surface area contributed by atoms with Crippen molar-refractivity contribution in [3.8, 4) is 5.75 Å². The molecule has 0 bridgehead atoms. The normalized spacial score (nSPS) is 27.6. The third kappa shape index (κ3) is 3.38. The molecular weight excluding hydrogens is 269 g/mol. The lowest BCUT2D eigenvalue weighted by Gasteiger charge is -2.30. The summed E-state index contributed by atoms with van der Waals surface area (Å²) in [6, 6.07) is 4.82. The lowest BCUT2D eigenvalue weighted by atomic mass is 9.80. The molecular formula is C17H24FNO2. The Bertz CT molecular complexity index is 486. The van der Waals surface area contributed by atoms with E-state index in [0.29, 0.717) is 0 Å². The van der Waals surface area contributed by atoms with Crippen molar-refractivity contribution in [2.75, 3.05) is 26.3 Å². The summed E-state index contributed by atoms with van der Waals surface area (Å²) in [7, 11) is 0. The lowest BCUT2D eigenvalue weighted by molar-refractivity contribution is 0.102. The average molecular weight is 293 g/mol. The van der Waals surface area contributed by atoms with Crippen LogP contribution in [0.5, 0.6) is 5.75 Å². The Hall–Kier alpha value is -1.13. The van der Waals surface area contributed by atoms with Gasteiger partial charge in [-0.15, -0.1) is 0 Å². The molecule has 1 N–H and O–H groups in total. The molecule has 2 unspecified atom stereocenters. The summed E-state index contributed by atoms with van der Waals surface area (Å²) >= 11 is 0. The van der Waals surface area contributed by atoms with Crippen LogP contribution in [0.15, 0.2) is 18.2 Å². The first-order valence-corrected chi connectivity index (χ1v) is 7.94. The van der Waals surface area contributed by atoms with E-state index in [9.17, 15) is 4.39 Å². The van der Waals surface area contributed by atoms with Gasteiger partial charge in [0.05, 0.1) is 6.61 Å². The fraction of sp³-hybridized carbons (Fsp3) is 0.647. The summed E-state index contributed by atoms with van der Waals surface area (Å²) in [5.74, 6) is 0.665. The molecule has 1 aromatic carbocycles. The lowest BCUT2D eigenvalue weighted by Crippen LogP contribution is -2.39. The molecule has 0 aromatic heterocycles. The monoisotopic (exact) mass is 293 g/mol. The smallest absolute Gasteiger partial charge is 0.123 e. The fourth-order valence-electron chi connectivity index (χ4n) is 3.44. The predicted molar refractivity (Wildman–Crippen MR) is 80.2 cm³/mol. The molecule has 4 heteroatoms. The summed E-state index contributed by atoms with van der Waals surface area (Å²) in [5, 5.41) is 3.53. The Kier molecular flexibility index (Phi) is 4.45. The molecule has 116 valence electrons. The zero-order valence-corrected chi connectivity index (χ0v) is 12.7. The number of rotatable bonds is 6. The van der Waals surface area contributed by atoms with E-state index in [1.807, 2.05) is 0 Å². The summed E-state index contributed by atoms with van der Waals surface area (Å²) < 4.78 is 24.9. The highest BCUT2D eigenvalue weighted by Gasteiger charge is 2.39. The van der Waals surface area contributed by atoms with Crippen molar-refractivity contribution < 1.29 is 13.9 Å². The van der Waals surface area contributed by atoms with E-state index in [0.717, 1.165) is 63.3 Å². The van der Waals surface area contributed by atoms with E-state index in [1.165, 1.54) is 6.07 Å². The molecule has 1 aromatic rings. The molecule has 0 aliphatic carbocycles. The highest BCUT2D eigenvalue weighted by atomic mass is 19.1. The van der Waals surface area contributed by atoms with Crippen LogP contribution in [0.1, 0.15) is 31.7 Å². The maximum Gasteiger partial charge on any atom is 0.123 e. The van der Waals surface area contributed by atoms with Gasteiger partial charge in [-0.3, -0.25) is 0 Å². The zero-order valence-electron chi connectivity index (χ0n) is 12.7. The van der Waals surface area contributed by atoms with E-state index in [2.05, 4.69) is 12.2 Å². The van der Waals surface area contributed by atoms with Crippen LogP contribution >= 0.6 is 0 Å². The van der Waals surface area contributed by atoms with Crippen LogP contribution in [0.25, 0.3) is 0 Å². The number of nitrogens with one attached hydrogen (secondary N) is 1. The molecule has 21 heavy (non-hydrogen) atoms. The number of fused-ring (bicyclic) bond motifs is 1. The summed E-state index contributed by atoms with van der Waals surface area (Å²) in [6.45, 7) is 5.83. The van der Waals surface area contributed by atoms with Gasteiger partial charge in [-0.05, 0) is 44.0 Å². The second-order valence-electron chi connectivity index (χ2n) is 6.38. The summed E-state index contributed by atoms with van der Waals surface area (Å²) in [5.41, 5.74) is 1.16. The van der Waals surface area contributed by atoms with Crippen molar-refractivity contribution in [1.29, 1.82) is 0 Å². The van der Waals surface area contributed by atoms with E-state index < -0.39 is 0 Å². The van der Waals surface area contributed by atoms with Gasteiger partial charge in [-0.1, -0.05) is 6.92 Å². The van der Waals surface area contributed by atoms with Crippen LogP contribution in [0.2, 0.25) is 0 Å². The molecule has 1 fully saturated rings. The molecule has 3 rings (SSSR count). The summed E-state index contributed by atoms with van der Waals surface area (Å²) in [4.78, 5) is 0. The molecule has 1 saturated heterocycles. The molecule has 0 saturated carbocycles. The van der Waals surface area contributed by atoms with Gasteiger partial charge in [0.25, 0.3) is 0 Å². The molecule has 2 aliphatic heterocycles. The third-order valence-corrected chi connectivity index (χ3v) is 4.54. The highest BCUT2D eigenvalue weighted by molar-refractivity contribution is 5.37. The molecule has 2 aliphatic rings. The average Bonchev–Trinajstić information content (AvgIpc) is 3.06. The summed E-state index contributed by atoms with van der Waals surface area (Å²) in [6.07, 6.45) is 4.14. The van der Waals surface area contributed by atoms with E-state index in [4.69, 9.17) is 9.47 Å². The number of ether oxygens (including phenoxy) is 2. The topological polar surface area (TPSA) is 30.5 Å². The van der Waals surface area contributed by atoms with Gasteiger partial charge in [0.15, 0.2) is 0 Å². The molecule has 0 spiro atoms. The van der Waals surface area contributed by atoms with Crippen molar-refractivity contribution in [3.63, 3.8) is 0 Å². The Balaban J connectivity index is 1.62. The van der Waals surface area contributed by atoms with E-state index in [-0.39, 0.29) is 17.3 Å². The van der Waals surface area contributed by atoms with Crippen molar-refractivity contribution in [2.45, 2.75) is 38.7 Å². The first-order valence-electron chi connectivity index (χ1n) is 7.94. The maximum absolute atomic E-state index is 13.3. The third-order valence-electron chi connectivity index (χ3n) is 4.54. The molecule has 2 atom stereocenters. The first-order chi connectivity index (χ1) is 10.2. The van der Waals surface area contributed by atoms with Crippen LogP contribution in [-0.2, 0) is 11.2 Å². The number of benzene rings is 1. The van der Waals surface area contributed by atoms with Gasteiger partial charge < -0.3 is 14.8 Å². The van der Waals surface area contributed by atoms with Crippen molar-refractivity contribution in [1.82, 2.24) is 5.32 Å². The highest BCUT2D eigenvalue weighted by Crippen LogP contribution is 2.38. The van der Waals surface area contributed by atoms with Crippen molar-refractivity contribution >= 4 is 0 Å². The van der Waals surface area contributed by atoms with Crippen LogP contribution in [0, 0.1) is 11.2 Å². The Morgan fingerprint density at radius 1 is 1.43 bits per heavy atom. The Labute approximate surface area is 125 Å². The largest absolute Gasteiger partial charge is 0.490 e. The van der Waals surface area contributed by atoms with Gasteiger partial charge in [0.2, 0.25) is 0 Å². The van der Waals surface area contributed by atoms with Crippen LogP contribution in [0.4, 0.5) is 4.39 Å². The maximum atomic E-state index is 13.3. The van der Waals surface area contributed by atoms with Gasteiger partial charge in [-0.25, -0.2) is 4.39 Å². The van der Waals surface area contributed by atoms with Crippen LogP contribution in [-0.4, -0.2) is 32.4 Å². The minimum absolute atomic E-state index is 0.145. The zero-order chi connectivity index (χ0) is 14.7. The predicted octanol–water partition coefficient (Wildman–Crippen LogP) is 2.93. The minimum Gasteiger partial charge on any atom is -0.490 e. The van der Waals surface area contributed by atoms with E-state index >= 15 is 0 Å². The van der Waals surface area contributed by atoms with Gasteiger partial charge in [-0.2, -0.15) is 0 Å². The molecule has 3 nitrogen and oxygen atoms in total. The fourth-order valence-corrected chi connectivity index (χ4v) is 3.44. The molecule has 2 heterocycles.